The van der Waals surface area contributed by atoms with Gasteiger partial charge in [-0.15, -0.1) is 11.3 Å². The van der Waals surface area contributed by atoms with E-state index in [1.165, 1.54) is 35.3 Å². The highest BCUT2D eigenvalue weighted by Gasteiger charge is 2.42. The van der Waals surface area contributed by atoms with Gasteiger partial charge in [0.1, 0.15) is 6.04 Å². The minimum atomic E-state index is -0.460. The maximum Gasteiger partial charge on any atom is 0.264 e. The summed E-state index contributed by atoms with van der Waals surface area (Å²) in [7, 11) is 0. The normalized spacial score (nSPS) is 21.3. The molecule has 2 atom stereocenters. The van der Waals surface area contributed by atoms with Gasteiger partial charge in [-0.2, -0.15) is 0 Å². The molecule has 1 saturated carbocycles. The molecule has 31 heavy (non-hydrogen) atoms. The lowest BCUT2D eigenvalue weighted by molar-refractivity contribution is -0.127. The zero-order chi connectivity index (χ0) is 21.8. The predicted octanol–water partition coefficient (Wildman–Crippen LogP) is 2.77. The molecule has 2 aliphatic rings. The monoisotopic (exact) mass is 440 g/mol. The molecule has 4 rings (SSSR count). The van der Waals surface area contributed by atoms with Crippen LogP contribution in [0.15, 0.2) is 41.8 Å². The average Bonchev–Trinajstić information content (AvgIpc) is 3.48. The number of carbonyl (C=O) groups is 2. The Hall–Kier alpha value is -2.22. The number of thiophene rings is 1. The number of benzene rings is 1. The first-order valence-corrected chi connectivity index (χ1v) is 12.1. The minimum Gasteiger partial charge on any atom is -0.353 e. The van der Waals surface area contributed by atoms with Crippen LogP contribution in [0.4, 0.5) is 0 Å². The van der Waals surface area contributed by atoms with Gasteiger partial charge in [-0.1, -0.05) is 30.3 Å². The molecule has 1 aliphatic heterocycles. The van der Waals surface area contributed by atoms with Gasteiger partial charge >= 0.3 is 0 Å². The van der Waals surface area contributed by atoms with Gasteiger partial charge in [0.25, 0.3) is 5.91 Å². The molecule has 0 spiro atoms. The maximum absolute atomic E-state index is 13.1. The Morgan fingerprint density at radius 3 is 2.65 bits per heavy atom. The first-order valence-electron chi connectivity index (χ1n) is 11.2. The van der Waals surface area contributed by atoms with Gasteiger partial charge in [0.15, 0.2) is 0 Å². The van der Waals surface area contributed by atoms with Crippen LogP contribution in [-0.4, -0.2) is 59.4 Å². The molecule has 2 amide bonds. The zero-order valence-electron chi connectivity index (χ0n) is 18.1. The van der Waals surface area contributed by atoms with E-state index in [1.54, 1.807) is 4.90 Å². The van der Waals surface area contributed by atoms with E-state index >= 15 is 0 Å². The summed E-state index contributed by atoms with van der Waals surface area (Å²) >= 11 is 1.43. The Morgan fingerprint density at radius 2 is 1.97 bits per heavy atom. The fourth-order valence-corrected chi connectivity index (χ4v) is 5.22. The van der Waals surface area contributed by atoms with Gasteiger partial charge in [-0.05, 0) is 55.2 Å². The number of hydrogen-bond donors (Lipinski definition) is 2. The minimum absolute atomic E-state index is 0.0433. The lowest BCUT2D eigenvalue weighted by Gasteiger charge is -2.43. The molecule has 1 saturated heterocycles. The summed E-state index contributed by atoms with van der Waals surface area (Å²) in [5.74, 6) is -0.134. The molecular formula is C24H32N4O2S. The highest BCUT2D eigenvalue weighted by atomic mass is 32.1. The third-order valence-corrected chi connectivity index (χ3v) is 7.27. The van der Waals surface area contributed by atoms with Crippen molar-refractivity contribution >= 4 is 23.2 Å². The smallest absolute Gasteiger partial charge is 0.264 e. The third-order valence-electron chi connectivity index (χ3n) is 6.41. The molecule has 2 aromatic rings. The molecule has 1 aromatic heterocycles. The summed E-state index contributed by atoms with van der Waals surface area (Å²) in [4.78, 5) is 31.2. The third kappa shape index (κ3) is 5.17. The Labute approximate surface area is 188 Å². The summed E-state index contributed by atoms with van der Waals surface area (Å²) in [6, 6.07) is 12.7. The fourth-order valence-electron chi connectivity index (χ4n) is 4.54. The number of amides is 2. The number of nitrogens with two attached hydrogens (primary N) is 1. The molecule has 3 N–H and O–H groups in total. The van der Waals surface area contributed by atoms with Crippen LogP contribution in [0.2, 0.25) is 0 Å². The van der Waals surface area contributed by atoms with Crippen LogP contribution in [0.25, 0.3) is 0 Å². The molecule has 2 heterocycles. The fraction of sp³-hybridized carbons (Fsp3) is 0.500. The van der Waals surface area contributed by atoms with Crippen molar-refractivity contribution in [3.63, 3.8) is 0 Å². The van der Waals surface area contributed by atoms with E-state index < -0.39 is 6.04 Å². The largest absolute Gasteiger partial charge is 0.353 e. The first kappa shape index (κ1) is 22.0. The quantitative estimate of drug-likeness (QED) is 0.662. The second-order valence-electron chi connectivity index (χ2n) is 8.58. The second-order valence-corrected chi connectivity index (χ2v) is 9.53. The molecule has 1 aliphatic carbocycles. The zero-order valence-corrected chi connectivity index (χ0v) is 18.9. The molecule has 7 heteroatoms. The number of piperidine rings is 1. The predicted molar refractivity (Wildman–Crippen MR) is 124 cm³/mol. The Morgan fingerprint density at radius 1 is 1.16 bits per heavy atom. The highest BCUT2D eigenvalue weighted by molar-refractivity contribution is 7.12. The van der Waals surface area contributed by atoms with Crippen molar-refractivity contribution in [1.29, 1.82) is 0 Å². The van der Waals surface area contributed by atoms with Crippen LogP contribution in [0, 0.1) is 6.92 Å². The molecule has 1 aromatic carbocycles. The van der Waals surface area contributed by atoms with E-state index in [-0.39, 0.29) is 17.9 Å². The van der Waals surface area contributed by atoms with E-state index in [0.717, 1.165) is 13.0 Å². The molecule has 0 radical (unpaired) electrons. The average molecular weight is 441 g/mol. The van der Waals surface area contributed by atoms with Crippen LogP contribution in [0.5, 0.6) is 0 Å². The summed E-state index contributed by atoms with van der Waals surface area (Å²) in [5.41, 5.74) is 8.24. The van der Waals surface area contributed by atoms with E-state index in [2.05, 4.69) is 41.4 Å². The highest BCUT2D eigenvalue weighted by Crippen LogP contribution is 2.35. The van der Waals surface area contributed by atoms with Crippen molar-refractivity contribution in [2.75, 3.05) is 19.6 Å². The van der Waals surface area contributed by atoms with Crippen molar-refractivity contribution in [2.24, 2.45) is 5.73 Å². The Balaban J connectivity index is 1.53. The number of nitrogens with one attached hydrogen (secondary N) is 1. The van der Waals surface area contributed by atoms with Crippen LogP contribution < -0.4 is 11.1 Å². The van der Waals surface area contributed by atoms with Crippen LogP contribution in [0.3, 0.4) is 0 Å². The van der Waals surface area contributed by atoms with E-state index in [9.17, 15) is 9.59 Å². The summed E-state index contributed by atoms with van der Waals surface area (Å²) < 4.78 is 0. The number of aryl methyl sites for hydroxylation is 1. The van der Waals surface area contributed by atoms with Crippen molar-refractivity contribution in [3.8, 4) is 0 Å². The SMILES string of the molecule is Cc1ccccc1CN(C1CC1)C1CCN(C(=O)c2cccs2)[C@@H](C(=O)NCCN)C1. The summed E-state index contributed by atoms with van der Waals surface area (Å²) in [6.07, 6.45) is 3.98. The molecule has 1 unspecified atom stereocenters. The van der Waals surface area contributed by atoms with Gasteiger partial charge in [0, 0.05) is 38.3 Å². The van der Waals surface area contributed by atoms with Gasteiger partial charge < -0.3 is 16.0 Å². The van der Waals surface area contributed by atoms with Gasteiger partial charge in [0.2, 0.25) is 5.91 Å². The maximum atomic E-state index is 13.1. The summed E-state index contributed by atoms with van der Waals surface area (Å²) in [6.45, 7) is 4.47. The Kier molecular flexibility index (Phi) is 7.05. The van der Waals surface area contributed by atoms with E-state index in [4.69, 9.17) is 5.73 Å². The van der Waals surface area contributed by atoms with Gasteiger partial charge in [-0.3, -0.25) is 14.5 Å². The van der Waals surface area contributed by atoms with Crippen molar-refractivity contribution in [2.45, 2.75) is 57.3 Å². The molecule has 0 bridgehead atoms. The van der Waals surface area contributed by atoms with Crippen LogP contribution in [-0.2, 0) is 11.3 Å². The lowest BCUT2D eigenvalue weighted by atomic mass is 9.93. The number of nitrogens with zero attached hydrogens (tertiary/aromatic N) is 2. The molecule has 2 fully saturated rings. The van der Waals surface area contributed by atoms with Crippen LogP contribution >= 0.6 is 11.3 Å². The molecule has 166 valence electrons. The molecule has 6 nitrogen and oxygen atoms in total. The topological polar surface area (TPSA) is 78.7 Å². The first-order chi connectivity index (χ1) is 15.1. The summed E-state index contributed by atoms with van der Waals surface area (Å²) in [5, 5.41) is 4.83. The number of rotatable bonds is 8. The Bertz CT molecular complexity index is 897. The standard InChI is InChI=1S/C24H32N4O2S/c1-17-5-2-3-6-18(17)16-28(19-8-9-19)20-10-13-27(24(30)22-7-4-14-31-22)21(15-20)23(29)26-12-11-25/h2-7,14,19-21H,8-13,15-16,25H2,1H3,(H,26,29)/t20?,21-/m1/s1. The number of carbonyl (C=O) groups excluding carboxylic acids is 2. The van der Waals surface area contributed by atoms with Crippen LogP contribution in [0.1, 0.15) is 46.5 Å². The van der Waals surface area contributed by atoms with Crippen molar-refractivity contribution < 1.29 is 9.59 Å². The van der Waals surface area contributed by atoms with Crippen molar-refractivity contribution in [3.05, 3.63) is 57.8 Å². The van der Waals surface area contributed by atoms with Gasteiger partial charge in [-0.25, -0.2) is 0 Å². The molecular weight excluding hydrogens is 408 g/mol. The van der Waals surface area contributed by atoms with E-state index in [0.29, 0.717) is 37.0 Å². The second kappa shape index (κ2) is 9.94. The van der Waals surface area contributed by atoms with E-state index in [1.807, 2.05) is 17.5 Å². The number of hydrogen-bond acceptors (Lipinski definition) is 5. The van der Waals surface area contributed by atoms with Gasteiger partial charge in [0.05, 0.1) is 4.88 Å². The van der Waals surface area contributed by atoms with Crippen molar-refractivity contribution in [1.82, 2.24) is 15.1 Å². The lowest BCUT2D eigenvalue weighted by Crippen LogP contribution is -2.57. The number of likely N-dealkylation sites (tertiary alicyclic amines) is 1.